The second-order valence-electron chi connectivity index (χ2n) is 8.95. The van der Waals surface area contributed by atoms with E-state index in [1.807, 2.05) is 25.1 Å². The summed E-state index contributed by atoms with van der Waals surface area (Å²) < 4.78 is 32.7. The van der Waals surface area contributed by atoms with Crippen LogP contribution < -0.4 is 0 Å². The van der Waals surface area contributed by atoms with E-state index in [2.05, 4.69) is 16.9 Å². The Morgan fingerprint density at radius 3 is 2.61 bits per heavy atom. The number of hydrogen-bond donors (Lipinski definition) is 1. The third kappa shape index (κ3) is 8.88. The van der Waals surface area contributed by atoms with Gasteiger partial charge in [0, 0.05) is 19.4 Å². The van der Waals surface area contributed by atoms with E-state index in [4.69, 9.17) is 0 Å². The molecule has 0 bridgehead atoms. The highest BCUT2D eigenvalue weighted by molar-refractivity contribution is 5.86. The van der Waals surface area contributed by atoms with Gasteiger partial charge in [0.2, 0.25) is 0 Å². The number of carbonyl (C=O) groups is 2. The van der Waals surface area contributed by atoms with Crippen LogP contribution in [0.15, 0.2) is 42.5 Å². The summed E-state index contributed by atoms with van der Waals surface area (Å²) in [5, 5.41) is 10.5. The first kappa shape index (κ1) is 27.0. The summed E-state index contributed by atoms with van der Waals surface area (Å²) in [5.41, 5.74) is 1.25. The normalized spacial score (nSPS) is 19.7. The minimum atomic E-state index is -3.37. The van der Waals surface area contributed by atoms with Gasteiger partial charge in [-0.1, -0.05) is 62.2 Å². The molecule has 1 aliphatic heterocycles. The lowest BCUT2D eigenvalue weighted by Crippen LogP contribution is -2.36. The largest absolute Gasteiger partial charge is 0.469 e. The molecule has 0 aliphatic carbocycles. The molecule has 1 aromatic carbocycles. The van der Waals surface area contributed by atoms with E-state index in [9.17, 15) is 23.5 Å². The number of aryl methyl sites for hydroxylation is 1. The van der Waals surface area contributed by atoms with Crippen LogP contribution in [-0.4, -0.2) is 53.6 Å². The number of amides is 1. The van der Waals surface area contributed by atoms with Crippen molar-refractivity contribution in [3.8, 4) is 0 Å². The first-order valence-corrected chi connectivity index (χ1v) is 11.9. The molecular weight excluding hydrogens is 428 g/mol. The Labute approximate surface area is 195 Å². The summed E-state index contributed by atoms with van der Waals surface area (Å²) in [6.45, 7) is 2.19. The molecule has 1 N–H and O–H groups in total. The number of likely N-dealkylation sites (tertiary alicyclic amines) is 1. The second kappa shape index (κ2) is 13.4. The molecule has 0 aromatic heterocycles. The van der Waals surface area contributed by atoms with E-state index in [1.54, 1.807) is 12.2 Å². The number of hydrogen-bond acceptors (Lipinski definition) is 4. The van der Waals surface area contributed by atoms with Gasteiger partial charge in [0.1, 0.15) is 0 Å². The highest BCUT2D eigenvalue weighted by atomic mass is 19.3. The predicted molar refractivity (Wildman–Crippen MR) is 124 cm³/mol. The zero-order valence-corrected chi connectivity index (χ0v) is 19.7. The van der Waals surface area contributed by atoms with Crippen molar-refractivity contribution in [2.75, 3.05) is 13.7 Å². The molecule has 1 fully saturated rings. The molecule has 1 aromatic rings. The van der Waals surface area contributed by atoms with Gasteiger partial charge in [-0.05, 0) is 43.6 Å². The van der Waals surface area contributed by atoms with Crippen molar-refractivity contribution in [1.82, 2.24) is 4.90 Å². The van der Waals surface area contributed by atoms with Crippen LogP contribution in [0.1, 0.15) is 63.9 Å². The molecule has 0 saturated carbocycles. The topological polar surface area (TPSA) is 66.8 Å². The zero-order chi connectivity index (χ0) is 24.3. The third-order valence-electron chi connectivity index (χ3n) is 6.28. The summed E-state index contributed by atoms with van der Waals surface area (Å²) in [7, 11) is 1.34. The fourth-order valence-corrected chi connectivity index (χ4v) is 4.14. The van der Waals surface area contributed by atoms with E-state index in [1.165, 1.54) is 17.6 Å². The fourth-order valence-electron chi connectivity index (χ4n) is 4.14. The highest BCUT2D eigenvalue weighted by Gasteiger charge is 2.52. The lowest BCUT2D eigenvalue weighted by atomic mass is 9.95. The van der Waals surface area contributed by atoms with Gasteiger partial charge in [0.15, 0.2) is 0 Å². The number of esters is 1. The predicted octanol–water partition coefficient (Wildman–Crippen LogP) is 4.92. The van der Waals surface area contributed by atoms with E-state index >= 15 is 0 Å². The van der Waals surface area contributed by atoms with Crippen LogP contribution in [0.2, 0.25) is 0 Å². The first-order chi connectivity index (χ1) is 15.7. The molecule has 2 rings (SSSR count). The Morgan fingerprint density at radius 2 is 1.91 bits per heavy atom. The number of methoxy groups -OCH3 is 1. The molecule has 33 heavy (non-hydrogen) atoms. The highest BCUT2D eigenvalue weighted by Crippen LogP contribution is 2.34. The molecule has 0 radical (unpaired) electrons. The maximum absolute atomic E-state index is 14.1. The molecule has 3 atom stereocenters. The number of carbonyl (C=O) groups excluding carboxylic acids is 2. The van der Waals surface area contributed by atoms with Crippen LogP contribution in [0.3, 0.4) is 0 Å². The molecule has 1 amide bonds. The number of nitrogens with zero attached hydrogens (tertiary/aromatic N) is 1. The number of aliphatic hydroxyl groups is 1. The van der Waals surface area contributed by atoms with Crippen LogP contribution >= 0.6 is 0 Å². The number of rotatable bonds is 14. The molecule has 1 saturated heterocycles. The second-order valence-corrected chi connectivity index (χ2v) is 8.95. The van der Waals surface area contributed by atoms with Gasteiger partial charge in [0.25, 0.3) is 5.91 Å². The van der Waals surface area contributed by atoms with Crippen LogP contribution in [0.5, 0.6) is 0 Å². The Balaban J connectivity index is 1.79. The number of aliphatic hydroxyl groups excluding tert-OH is 1. The van der Waals surface area contributed by atoms with E-state index in [0.717, 1.165) is 32.1 Å². The van der Waals surface area contributed by atoms with Crippen molar-refractivity contribution in [2.24, 2.45) is 5.92 Å². The maximum atomic E-state index is 14.1. The van der Waals surface area contributed by atoms with Crippen molar-refractivity contribution in [3.63, 3.8) is 0 Å². The lowest BCUT2D eigenvalue weighted by Gasteiger charge is -2.22. The Hall–Kier alpha value is -2.28. The quantitative estimate of drug-likeness (QED) is 0.241. The van der Waals surface area contributed by atoms with Crippen molar-refractivity contribution >= 4 is 11.9 Å². The van der Waals surface area contributed by atoms with Gasteiger partial charge in [-0.15, -0.1) is 0 Å². The van der Waals surface area contributed by atoms with Crippen LogP contribution in [-0.2, 0) is 20.7 Å². The first-order valence-electron chi connectivity index (χ1n) is 11.9. The fraction of sp³-hybridized carbons (Fsp3) is 0.615. The van der Waals surface area contributed by atoms with Crippen LogP contribution in [0, 0.1) is 5.92 Å². The van der Waals surface area contributed by atoms with Crippen LogP contribution in [0.25, 0.3) is 0 Å². The summed E-state index contributed by atoms with van der Waals surface area (Å²) in [5.74, 6) is -4.78. The Kier molecular flexibility index (Phi) is 11.0. The standard InChI is InChI=1S/C26H37F2NO4/c1-20(11-10-14-21-12-6-5-7-13-21)23(30)17-16-22-19-26(27,28)25(32)29(22)18-9-4-3-8-15-24(31)33-2/h5-7,12-13,16-17,20,22-23,30H,3-4,8-11,14-15,18-19H2,1-2H3/t20-,22?,23+/m0/s1. The summed E-state index contributed by atoms with van der Waals surface area (Å²) in [6.07, 6.45) is 7.61. The van der Waals surface area contributed by atoms with E-state index in [-0.39, 0.29) is 18.4 Å². The smallest absolute Gasteiger partial charge is 0.327 e. The average Bonchev–Trinajstić information content (AvgIpc) is 3.02. The number of benzene rings is 1. The monoisotopic (exact) mass is 465 g/mol. The minimum absolute atomic E-state index is 0.00848. The molecule has 7 heteroatoms. The molecule has 1 aliphatic rings. The van der Waals surface area contributed by atoms with Gasteiger partial charge >= 0.3 is 11.9 Å². The summed E-state index contributed by atoms with van der Waals surface area (Å²) in [4.78, 5) is 24.5. The number of ether oxygens (including phenoxy) is 1. The SMILES string of the molecule is COC(=O)CCCCCCN1C(=O)C(F)(F)CC1C=C[C@@H](O)[C@@H](C)CCCc1ccccc1. The minimum Gasteiger partial charge on any atom is -0.469 e. The average molecular weight is 466 g/mol. The van der Waals surface area contributed by atoms with Gasteiger partial charge in [0.05, 0.1) is 19.3 Å². The zero-order valence-electron chi connectivity index (χ0n) is 19.7. The van der Waals surface area contributed by atoms with Gasteiger partial charge in [-0.3, -0.25) is 9.59 Å². The Bertz CT molecular complexity index is 769. The van der Waals surface area contributed by atoms with E-state index < -0.39 is 30.4 Å². The van der Waals surface area contributed by atoms with Gasteiger partial charge in [-0.2, -0.15) is 8.78 Å². The van der Waals surface area contributed by atoms with Crippen molar-refractivity contribution in [3.05, 3.63) is 48.0 Å². The summed E-state index contributed by atoms with van der Waals surface area (Å²) >= 11 is 0. The molecular formula is C26H37F2NO4. The molecule has 1 heterocycles. The van der Waals surface area contributed by atoms with Gasteiger partial charge < -0.3 is 14.7 Å². The molecule has 1 unspecified atom stereocenters. The number of unbranched alkanes of at least 4 members (excludes halogenated alkanes) is 3. The molecule has 5 nitrogen and oxygen atoms in total. The molecule has 0 spiro atoms. The maximum Gasteiger partial charge on any atom is 0.327 e. The van der Waals surface area contributed by atoms with Crippen molar-refractivity contribution < 1.29 is 28.2 Å². The third-order valence-corrected chi connectivity index (χ3v) is 6.28. The van der Waals surface area contributed by atoms with Crippen molar-refractivity contribution in [2.45, 2.75) is 82.8 Å². The lowest BCUT2D eigenvalue weighted by molar-refractivity contribution is -0.148. The Morgan fingerprint density at radius 1 is 1.21 bits per heavy atom. The van der Waals surface area contributed by atoms with Crippen LogP contribution in [0.4, 0.5) is 8.78 Å². The van der Waals surface area contributed by atoms with Gasteiger partial charge in [-0.25, -0.2) is 0 Å². The van der Waals surface area contributed by atoms with Crippen molar-refractivity contribution in [1.29, 1.82) is 0 Å². The van der Waals surface area contributed by atoms with E-state index in [0.29, 0.717) is 19.3 Å². The molecule has 184 valence electrons. The summed E-state index contributed by atoms with van der Waals surface area (Å²) in [6, 6.07) is 9.42. The number of halogens is 2. The number of alkyl halides is 2.